The van der Waals surface area contributed by atoms with Gasteiger partial charge in [-0.25, -0.2) is 4.79 Å². The van der Waals surface area contributed by atoms with Crippen LogP contribution in [0.2, 0.25) is 0 Å². The van der Waals surface area contributed by atoms with Crippen LogP contribution < -0.4 is 0 Å². The average molecular weight is 334 g/mol. The van der Waals surface area contributed by atoms with Crippen LogP contribution in [0.5, 0.6) is 0 Å². The van der Waals surface area contributed by atoms with Crippen LogP contribution in [0, 0.1) is 0 Å². The van der Waals surface area contributed by atoms with Crippen molar-refractivity contribution in [2.75, 3.05) is 0 Å². The van der Waals surface area contributed by atoms with Crippen molar-refractivity contribution in [2.45, 2.75) is 57.7 Å². The predicted octanol–water partition coefficient (Wildman–Crippen LogP) is 3.93. The number of aliphatic carboxylic acids is 1. The number of carboxylic acid groups (broad SMARTS) is 1. The third kappa shape index (κ3) is 15.0. The Morgan fingerprint density at radius 3 is 2.00 bits per heavy atom. The van der Waals surface area contributed by atoms with Crippen LogP contribution in [0.3, 0.4) is 0 Å². The molecule has 0 saturated heterocycles. The Labute approximate surface area is 145 Å². The lowest BCUT2D eigenvalue weighted by atomic mass is 10.0. The number of rotatable bonds is 13. The van der Waals surface area contributed by atoms with Crippen LogP contribution in [0.25, 0.3) is 0 Å². The van der Waals surface area contributed by atoms with Gasteiger partial charge in [-0.1, -0.05) is 74.4 Å². The number of hydrogen-bond acceptors (Lipinski definition) is 3. The molecular formula is C20H30O4. The quantitative estimate of drug-likeness (QED) is 0.271. The van der Waals surface area contributed by atoms with E-state index in [1.165, 1.54) is 6.08 Å². The molecule has 0 saturated carbocycles. The van der Waals surface area contributed by atoms with Crippen LogP contribution in [0.15, 0.2) is 60.8 Å². The van der Waals surface area contributed by atoms with Crippen LogP contribution in [-0.2, 0) is 4.79 Å². The van der Waals surface area contributed by atoms with E-state index >= 15 is 0 Å². The molecule has 2 unspecified atom stereocenters. The molecule has 0 aromatic carbocycles. The molecule has 0 aliphatic carbocycles. The third-order valence-corrected chi connectivity index (χ3v) is 3.39. The van der Waals surface area contributed by atoms with Gasteiger partial charge in [-0.15, -0.1) is 0 Å². The summed E-state index contributed by atoms with van der Waals surface area (Å²) in [6.07, 6.45) is 21.8. The zero-order valence-corrected chi connectivity index (χ0v) is 14.4. The molecule has 0 spiro atoms. The van der Waals surface area contributed by atoms with Crippen molar-refractivity contribution in [3.8, 4) is 0 Å². The molecule has 0 rings (SSSR count). The number of aliphatic hydroxyl groups is 2. The van der Waals surface area contributed by atoms with Crippen LogP contribution in [0.4, 0.5) is 0 Å². The summed E-state index contributed by atoms with van der Waals surface area (Å²) < 4.78 is 0. The molecular weight excluding hydrogens is 304 g/mol. The van der Waals surface area contributed by atoms with E-state index < -0.39 is 18.2 Å². The van der Waals surface area contributed by atoms with Gasteiger partial charge in [0, 0.05) is 6.08 Å². The molecule has 4 heteroatoms. The minimum absolute atomic E-state index is 0.589. The number of carboxylic acids is 1. The maximum Gasteiger partial charge on any atom is 0.328 e. The fourth-order valence-electron chi connectivity index (χ4n) is 1.95. The average Bonchev–Trinajstić information content (AvgIpc) is 2.57. The van der Waals surface area contributed by atoms with Gasteiger partial charge < -0.3 is 15.3 Å². The van der Waals surface area contributed by atoms with E-state index in [1.807, 2.05) is 37.3 Å². The highest BCUT2D eigenvalue weighted by molar-refractivity contribution is 5.80. The van der Waals surface area contributed by atoms with Gasteiger partial charge in [0.1, 0.15) is 0 Å². The first-order valence-corrected chi connectivity index (χ1v) is 8.50. The Balaban J connectivity index is 3.63. The van der Waals surface area contributed by atoms with E-state index in [-0.39, 0.29) is 0 Å². The predicted molar refractivity (Wildman–Crippen MR) is 98.7 cm³/mol. The van der Waals surface area contributed by atoms with Gasteiger partial charge in [0.25, 0.3) is 0 Å². The number of unbranched alkanes of at least 4 members (excludes halogenated alkanes) is 3. The van der Waals surface area contributed by atoms with Crippen LogP contribution >= 0.6 is 0 Å². The van der Waals surface area contributed by atoms with Gasteiger partial charge in [-0.3, -0.25) is 0 Å². The lowest BCUT2D eigenvalue weighted by Crippen LogP contribution is -2.24. The minimum atomic E-state index is -0.955. The van der Waals surface area contributed by atoms with Gasteiger partial charge >= 0.3 is 5.97 Å². The first-order chi connectivity index (χ1) is 11.6. The van der Waals surface area contributed by atoms with Crippen molar-refractivity contribution in [1.82, 2.24) is 0 Å². The van der Waals surface area contributed by atoms with E-state index in [0.29, 0.717) is 12.8 Å². The Hall–Kier alpha value is -1.91. The summed E-state index contributed by atoms with van der Waals surface area (Å²) in [6.45, 7) is 1.87. The second-order valence-electron chi connectivity index (χ2n) is 5.46. The SMILES string of the molecule is CCC(O)C(O)CCCCCC=CC=CC=CC=CC=CC(=O)O. The fourth-order valence-corrected chi connectivity index (χ4v) is 1.95. The highest BCUT2D eigenvalue weighted by Crippen LogP contribution is 2.10. The number of carbonyl (C=O) groups is 1. The topological polar surface area (TPSA) is 77.8 Å². The molecule has 0 amide bonds. The van der Waals surface area contributed by atoms with E-state index in [2.05, 4.69) is 6.08 Å². The molecule has 0 fully saturated rings. The van der Waals surface area contributed by atoms with Crippen molar-refractivity contribution < 1.29 is 20.1 Å². The third-order valence-electron chi connectivity index (χ3n) is 3.39. The van der Waals surface area contributed by atoms with Crippen LogP contribution in [-0.4, -0.2) is 33.5 Å². The highest BCUT2D eigenvalue weighted by Gasteiger charge is 2.12. The van der Waals surface area contributed by atoms with E-state index in [0.717, 1.165) is 31.8 Å². The maximum atomic E-state index is 10.2. The van der Waals surface area contributed by atoms with E-state index in [4.69, 9.17) is 5.11 Å². The van der Waals surface area contributed by atoms with Gasteiger partial charge in [-0.05, 0) is 25.7 Å². The molecule has 0 aromatic heterocycles. The minimum Gasteiger partial charge on any atom is -0.478 e. The Morgan fingerprint density at radius 1 is 0.833 bits per heavy atom. The number of hydrogen-bond donors (Lipinski definition) is 3. The molecule has 24 heavy (non-hydrogen) atoms. The zero-order valence-electron chi connectivity index (χ0n) is 14.4. The molecule has 0 bridgehead atoms. The fraction of sp³-hybridized carbons (Fsp3) is 0.450. The molecule has 3 N–H and O–H groups in total. The Bertz CT molecular complexity index is 458. The van der Waals surface area contributed by atoms with Crippen molar-refractivity contribution in [3.63, 3.8) is 0 Å². The summed E-state index contributed by atoms with van der Waals surface area (Å²) in [5.41, 5.74) is 0. The molecule has 0 aliphatic heterocycles. The van der Waals surface area contributed by atoms with Gasteiger partial charge in [0.2, 0.25) is 0 Å². The number of aliphatic hydroxyl groups excluding tert-OH is 2. The van der Waals surface area contributed by atoms with Gasteiger partial charge in [-0.2, -0.15) is 0 Å². The highest BCUT2D eigenvalue weighted by atomic mass is 16.4. The van der Waals surface area contributed by atoms with Crippen molar-refractivity contribution in [2.24, 2.45) is 0 Å². The smallest absolute Gasteiger partial charge is 0.328 e. The molecule has 134 valence electrons. The first kappa shape index (κ1) is 22.1. The largest absolute Gasteiger partial charge is 0.478 e. The van der Waals surface area contributed by atoms with Crippen LogP contribution in [0.1, 0.15) is 45.4 Å². The molecule has 0 heterocycles. The van der Waals surface area contributed by atoms with Crippen molar-refractivity contribution >= 4 is 5.97 Å². The second kappa shape index (κ2) is 16.0. The Morgan fingerprint density at radius 2 is 1.42 bits per heavy atom. The van der Waals surface area contributed by atoms with E-state index in [9.17, 15) is 15.0 Å². The lowest BCUT2D eigenvalue weighted by molar-refractivity contribution is -0.131. The molecule has 2 atom stereocenters. The normalized spacial score (nSPS) is 15.5. The molecule has 0 aliphatic rings. The summed E-state index contributed by atoms with van der Waals surface area (Å²) >= 11 is 0. The number of allylic oxidation sites excluding steroid dienone is 9. The van der Waals surface area contributed by atoms with E-state index in [1.54, 1.807) is 12.2 Å². The summed E-state index contributed by atoms with van der Waals surface area (Å²) in [4.78, 5) is 10.2. The summed E-state index contributed by atoms with van der Waals surface area (Å²) in [7, 11) is 0. The van der Waals surface area contributed by atoms with Crippen molar-refractivity contribution in [1.29, 1.82) is 0 Å². The standard InChI is InChI=1S/C20H30O4/c1-2-18(21)19(22)16-14-12-10-8-6-4-3-5-7-9-11-13-15-17-20(23)24/h3-7,9,11,13,15,17-19,21-22H,2,8,10,12,14,16H2,1H3,(H,23,24). The molecule has 4 nitrogen and oxygen atoms in total. The van der Waals surface area contributed by atoms with Crippen molar-refractivity contribution in [3.05, 3.63) is 60.8 Å². The zero-order chi connectivity index (χ0) is 18.0. The lowest BCUT2D eigenvalue weighted by Gasteiger charge is -2.15. The monoisotopic (exact) mass is 334 g/mol. The molecule has 0 radical (unpaired) electrons. The summed E-state index contributed by atoms with van der Waals surface area (Å²) in [5.74, 6) is -0.955. The summed E-state index contributed by atoms with van der Waals surface area (Å²) in [6, 6.07) is 0. The second-order valence-corrected chi connectivity index (χ2v) is 5.46. The summed E-state index contributed by atoms with van der Waals surface area (Å²) in [5, 5.41) is 27.4. The maximum absolute atomic E-state index is 10.2. The first-order valence-electron chi connectivity index (χ1n) is 8.50. The van der Waals surface area contributed by atoms with Gasteiger partial charge in [0.15, 0.2) is 0 Å². The Kier molecular flexibility index (Phi) is 14.7. The molecule has 0 aromatic rings. The van der Waals surface area contributed by atoms with Gasteiger partial charge in [0.05, 0.1) is 12.2 Å².